The van der Waals surface area contributed by atoms with E-state index >= 15 is 0 Å². The summed E-state index contributed by atoms with van der Waals surface area (Å²) in [6.45, 7) is 3.92. The zero-order valence-corrected chi connectivity index (χ0v) is 12.3. The van der Waals surface area contributed by atoms with E-state index < -0.39 is 0 Å². The number of hydrogen-bond donors (Lipinski definition) is 0. The molecule has 0 saturated carbocycles. The van der Waals surface area contributed by atoms with Crippen molar-refractivity contribution in [3.05, 3.63) is 23.9 Å². The Labute approximate surface area is 120 Å². The Morgan fingerprint density at radius 3 is 3.00 bits per heavy atom. The quantitative estimate of drug-likeness (QED) is 0.791. The average molecular weight is 277 g/mol. The molecule has 5 heteroatoms. The van der Waals surface area contributed by atoms with Crippen LogP contribution in [-0.4, -0.2) is 41.3 Å². The molecule has 1 saturated heterocycles. The largest absolute Gasteiger partial charge is 0.380 e. The minimum Gasteiger partial charge on any atom is -0.380 e. The van der Waals surface area contributed by atoms with Crippen molar-refractivity contribution in [1.82, 2.24) is 15.0 Å². The normalized spacial score (nSPS) is 31.0. The number of ether oxygens (including phenoxy) is 1. The maximum absolute atomic E-state index is 5.54. The monoisotopic (exact) mass is 277 g/mol. The molecule has 2 aliphatic rings. The van der Waals surface area contributed by atoms with Crippen molar-refractivity contribution in [2.75, 3.05) is 20.2 Å². The van der Waals surface area contributed by atoms with Gasteiger partial charge >= 0.3 is 0 Å². The van der Waals surface area contributed by atoms with Crippen molar-refractivity contribution in [3.8, 4) is 0 Å². The third-order valence-electron chi connectivity index (χ3n) is 4.40. The molecule has 0 aromatic carbocycles. The van der Waals surface area contributed by atoms with Crippen LogP contribution in [-0.2, 0) is 4.74 Å². The van der Waals surface area contributed by atoms with Gasteiger partial charge in [-0.05, 0) is 38.5 Å². The number of aryl methyl sites for hydroxylation is 1. The molecule has 1 aliphatic carbocycles. The zero-order chi connectivity index (χ0) is 13.9. The first kappa shape index (κ1) is 13.8. The second-order valence-corrected chi connectivity index (χ2v) is 5.89. The summed E-state index contributed by atoms with van der Waals surface area (Å²) < 4.78 is 10.9. The van der Waals surface area contributed by atoms with E-state index in [0.29, 0.717) is 5.82 Å². The molecule has 3 atom stereocenters. The molecule has 5 nitrogen and oxygen atoms in total. The molecule has 2 heterocycles. The summed E-state index contributed by atoms with van der Waals surface area (Å²) in [4.78, 5) is 6.88. The Balaban J connectivity index is 1.70. The number of aromatic nitrogens is 2. The maximum Gasteiger partial charge on any atom is 0.244 e. The lowest BCUT2D eigenvalue weighted by Crippen LogP contribution is -2.31. The standard InChI is InChI=1S/C15H23N3O2/c1-11-16-15(20-17-11)14-8-13(19-2)10-18(14)9-12-6-4-3-5-7-12/h3-4,12-14H,5-10H2,1-2H3/t12?,13-,14-/m1/s1. The van der Waals surface area contributed by atoms with Gasteiger partial charge in [0.25, 0.3) is 0 Å². The van der Waals surface area contributed by atoms with Crippen molar-refractivity contribution >= 4 is 0 Å². The summed E-state index contributed by atoms with van der Waals surface area (Å²) in [5.41, 5.74) is 0. The van der Waals surface area contributed by atoms with Crippen molar-refractivity contribution in [3.63, 3.8) is 0 Å². The Bertz CT molecular complexity index is 471. The molecule has 20 heavy (non-hydrogen) atoms. The highest BCUT2D eigenvalue weighted by Crippen LogP contribution is 2.34. The van der Waals surface area contributed by atoms with Gasteiger partial charge in [-0.25, -0.2) is 0 Å². The van der Waals surface area contributed by atoms with E-state index in [9.17, 15) is 0 Å². The van der Waals surface area contributed by atoms with Crippen LogP contribution in [0.25, 0.3) is 0 Å². The van der Waals surface area contributed by atoms with E-state index in [4.69, 9.17) is 9.26 Å². The molecule has 3 rings (SSSR count). The average Bonchev–Trinajstić information content (AvgIpc) is 3.06. The summed E-state index contributed by atoms with van der Waals surface area (Å²) >= 11 is 0. The highest BCUT2D eigenvalue weighted by molar-refractivity contribution is 5.00. The van der Waals surface area contributed by atoms with Gasteiger partial charge in [-0.2, -0.15) is 4.98 Å². The van der Waals surface area contributed by atoms with Crippen molar-refractivity contribution < 1.29 is 9.26 Å². The number of rotatable bonds is 4. The lowest BCUT2D eigenvalue weighted by atomic mass is 9.94. The van der Waals surface area contributed by atoms with Gasteiger partial charge in [0.1, 0.15) is 0 Å². The predicted octanol–water partition coefficient (Wildman–Crippen LogP) is 2.50. The molecule has 1 fully saturated rings. The summed E-state index contributed by atoms with van der Waals surface area (Å²) in [5.74, 6) is 2.19. The smallest absolute Gasteiger partial charge is 0.244 e. The fraction of sp³-hybridized carbons (Fsp3) is 0.733. The van der Waals surface area contributed by atoms with Gasteiger partial charge in [-0.15, -0.1) is 0 Å². The van der Waals surface area contributed by atoms with Crippen LogP contribution in [0.4, 0.5) is 0 Å². The fourth-order valence-corrected chi connectivity index (χ4v) is 3.29. The van der Waals surface area contributed by atoms with E-state index in [-0.39, 0.29) is 12.1 Å². The minimum absolute atomic E-state index is 0.215. The summed E-state index contributed by atoms with van der Waals surface area (Å²) in [5, 5.41) is 3.93. The Hall–Kier alpha value is -1.20. The SMILES string of the molecule is CO[C@@H]1C[C@H](c2nc(C)no2)N(CC2CC=CCC2)C1. The maximum atomic E-state index is 5.54. The summed E-state index contributed by atoms with van der Waals surface area (Å²) in [6, 6.07) is 0.215. The second-order valence-electron chi connectivity index (χ2n) is 5.89. The zero-order valence-electron chi connectivity index (χ0n) is 12.3. The van der Waals surface area contributed by atoms with E-state index in [2.05, 4.69) is 27.2 Å². The van der Waals surface area contributed by atoms with Gasteiger partial charge in [0.15, 0.2) is 5.82 Å². The van der Waals surface area contributed by atoms with E-state index in [0.717, 1.165) is 31.3 Å². The molecule has 0 amide bonds. The molecule has 0 N–H and O–H groups in total. The van der Waals surface area contributed by atoms with E-state index in [1.54, 1.807) is 7.11 Å². The number of nitrogens with zero attached hydrogens (tertiary/aromatic N) is 3. The summed E-state index contributed by atoms with van der Waals surface area (Å²) in [6.07, 6.45) is 9.48. The topological polar surface area (TPSA) is 51.4 Å². The van der Waals surface area contributed by atoms with Crippen LogP contribution in [0.3, 0.4) is 0 Å². The van der Waals surface area contributed by atoms with Crippen molar-refractivity contribution in [2.24, 2.45) is 5.92 Å². The van der Waals surface area contributed by atoms with Gasteiger partial charge in [0, 0.05) is 20.2 Å². The molecule has 110 valence electrons. The van der Waals surface area contributed by atoms with Gasteiger partial charge in [-0.3, -0.25) is 4.90 Å². The molecule has 1 aromatic rings. The lowest BCUT2D eigenvalue weighted by molar-refractivity contribution is 0.105. The first-order valence-electron chi connectivity index (χ1n) is 7.48. The fourth-order valence-electron chi connectivity index (χ4n) is 3.29. The molecule has 0 radical (unpaired) electrons. The molecular weight excluding hydrogens is 254 g/mol. The molecule has 0 spiro atoms. The number of allylic oxidation sites excluding steroid dienone is 2. The van der Waals surface area contributed by atoms with Crippen LogP contribution in [0.2, 0.25) is 0 Å². The highest BCUT2D eigenvalue weighted by atomic mass is 16.5. The van der Waals surface area contributed by atoms with Crippen LogP contribution in [0, 0.1) is 12.8 Å². The highest BCUT2D eigenvalue weighted by Gasteiger charge is 2.37. The third kappa shape index (κ3) is 2.94. The number of hydrogen-bond acceptors (Lipinski definition) is 5. The van der Waals surface area contributed by atoms with Crippen LogP contribution in [0.5, 0.6) is 0 Å². The summed E-state index contributed by atoms with van der Waals surface area (Å²) in [7, 11) is 1.79. The Morgan fingerprint density at radius 1 is 1.45 bits per heavy atom. The predicted molar refractivity (Wildman–Crippen MR) is 75.2 cm³/mol. The Morgan fingerprint density at radius 2 is 2.35 bits per heavy atom. The van der Waals surface area contributed by atoms with Gasteiger partial charge in [0.2, 0.25) is 5.89 Å². The van der Waals surface area contributed by atoms with E-state index in [1.807, 2.05) is 6.92 Å². The second kappa shape index (κ2) is 6.06. The van der Waals surface area contributed by atoms with E-state index in [1.165, 1.54) is 19.3 Å². The van der Waals surface area contributed by atoms with Crippen LogP contribution in [0.1, 0.15) is 43.4 Å². The molecule has 1 aliphatic heterocycles. The molecule has 1 aromatic heterocycles. The molecule has 0 bridgehead atoms. The first-order chi connectivity index (χ1) is 9.76. The third-order valence-corrected chi connectivity index (χ3v) is 4.40. The Kier molecular flexibility index (Phi) is 4.17. The van der Waals surface area contributed by atoms with Gasteiger partial charge in [-0.1, -0.05) is 17.3 Å². The minimum atomic E-state index is 0.215. The van der Waals surface area contributed by atoms with Crippen molar-refractivity contribution in [2.45, 2.75) is 44.8 Å². The first-order valence-corrected chi connectivity index (χ1v) is 7.48. The number of methoxy groups -OCH3 is 1. The van der Waals surface area contributed by atoms with Crippen LogP contribution >= 0.6 is 0 Å². The van der Waals surface area contributed by atoms with Gasteiger partial charge in [0.05, 0.1) is 12.1 Å². The molecular formula is C15H23N3O2. The van der Waals surface area contributed by atoms with Crippen LogP contribution in [0.15, 0.2) is 16.7 Å². The van der Waals surface area contributed by atoms with Crippen molar-refractivity contribution in [1.29, 1.82) is 0 Å². The van der Waals surface area contributed by atoms with Gasteiger partial charge < -0.3 is 9.26 Å². The lowest BCUT2D eigenvalue weighted by Gasteiger charge is -2.27. The number of likely N-dealkylation sites (tertiary alicyclic amines) is 1. The molecule has 1 unspecified atom stereocenters. The van der Waals surface area contributed by atoms with Crippen LogP contribution < -0.4 is 0 Å².